The number of carbonyl (C=O) groups excluding carboxylic acids is 1. The van der Waals surface area contributed by atoms with Crippen molar-refractivity contribution in [3.05, 3.63) is 57.7 Å². The molecule has 7 heteroatoms. The Balaban J connectivity index is 1.66. The number of amides is 1. The molecule has 3 rings (SSSR count). The molecule has 0 saturated heterocycles. The maximum Gasteiger partial charge on any atom is 0.270 e. The van der Waals surface area contributed by atoms with Crippen molar-refractivity contribution in [2.45, 2.75) is 6.04 Å². The van der Waals surface area contributed by atoms with Gasteiger partial charge in [0.15, 0.2) is 0 Å². The van der Waals surface area contributed by atoms with Crippen molar-refractivity contribution < 1.29 is 9.53 Å². The van der Waals surface area contributed by atoms with Crippen LogP contribution in [0.4, 0.5) is 0 Å². The third-order valence-corrected chi connectivity index (χ3v) is 5.67. The van der Waals surface area contributed by atoms with E-state index >= 15 is 0 Å². The van der Waals surface area contributed by atoms with Crippen LogP contribution in [0.5, 0.6) is 5.75 Å². The Bertz CT molecular complexity index is 842. The molecule has 0 saturated carbocycles. The minimum atomic E-state index is -0.150. The fraction of sp³-hybridized carbons (Fsp3) is 0.263. The molecule has 1 amide bonds. The van der Waals surface area contributed by atoms with Gasteiger partial charge in [-0.1, -0.05) is 0 Å². The van der Waals surface area contributed by atoms with Gasteiger partial charge >= 0.3 is 0 Å². The first-order chi connectivity index (χ1) is 12.6. The van der Waals surface area contributed by atoms with Crippen LogP contribution in [0.1, 0.15) is 22.1 Å². The first-order valence-electron chi connectivity index (χ1n) is 8.15. The van der Waals surface area contributed by atoms with E-state index in [1.165, 1.54) is 16.9 Å². The van der Waals surface area contributed by atoms with Gasteiger partial charge in [-0.15, -0.1) is 11.3 Å². The number of hydrogen-bond acceptors (Lipinski definition) is 6. The SMILES string of the molecule is COc1ccc(-c2nc(C(=O)NC[C@@H](c3ccsc3)N(C)C)cs2)cc1. The molecule has 26 heavy (non-hydrogen) atoms. The third-order valence-electron chi connectivity index (χ3n) is 4.08. The van der Waals surface area contributed by atoms with E-state index in [1.807, 2.05) is 38.4 Å². The van der Waals surface area contributed by atoms with Crippen LogP contribution >= 0.6 is 22.7 Å². The zero-order valence-electron chi connectivity index (χ0n) is 14.9. The first kappa shape index (κ1) is 18.6. The van der Waals surface area contributed by atoms with E-state index in [1.54, 1.807) is 23.8 Å². The number of nitrogens with zero attached hydrogens (tertiary/aromatic N) is 2. The fourth-order valence-electron chi connectivity index (χ4n) is 2.59. The van der Waals surface area contributed by atoms with Crippen LogP contribution in [0.15, 0.2) is 46.5 Å². The molecule has 0 fully saturated rings. The number of thiophene rings is 1. The summed E-state index contributed by atoms with van der Waals surface area (Å²) >= 11 is 3.12. The van der Waals surface area contributed by atoms with Crippen LogP contribution in [-0.2, 0) is 0 Å². The molecule has 0 radical (unpaired) electrons. The number of ether oxygens (including phenoxy) is 1. The van der Waals surface area contributed by atoms with E-state index in [0.717, 1.165) is 16.3 Å². The normalized spacial score (nSPS) is 12.2. The Morgan fingerprint density at radius 2 is 2.00 bits per heavy atom. The van der Waals surface area contributed by atoms with Crippen molar-refractivity contribution in [1.29, 1.82) is 0 Å². The quantitative estimate of drug-likeness (QED) is 0.668. The zero-order valence-corrected chi connectivity index (χ0v) is 16.6. The van der Waals surface area contributed by atoms with Crippen molar-refractivity contribution >= 4 is 28.6 Å². The molecule has 0 unspecified atom stereocenters. The predicted octanol–water partition coefficient (Wildman–Crippen LogP) is 3.91. The number of likely N-dealkylation sites (N-methyl/N-ethyl adjacent to an activating group) is 1. The zero-order chi connectivity index (χ0) is 18.5. The van der Waals surface area contributed by atoms with E-state index in [-0.39, 0.29) is 11.9 Å². The van der Waals surface area contributed by atoms with E-state index in [0.29, 0.717) is 12.2 Å². The number of nitrogens with one attached hydrogen (secondary N) is 1. The third kappa shape index (κ3) is 4.30. The molecule has 136 valence electrons. The number of benzene rings is 1. The van der Waals surface area contributed by atoms with Gasteiger partial charge < -0.3 is 15.0 Å². The van der Waals surface area contributed by atoms with Gasteiger partial charge in [-0.3, -0.25) is 4.79 Å². The van der Waals surface area contributed by atoms with E-state index in [2.05, 4.69) is 32.0 Å². The fourth-order valence-corrected chi connectivity index (χ4v) is 4.10. The summed E-state index contributed by atoms with van der Waals surface area (Å²) < 4.78 is 5.17. The second-order valence-electron chi connectivity index (χ2n) is 6.01. The number of aromatic nitrogens is 1. The van der Waals surface area contributed by atoms with Gasteiger partial charge in [-0.25, -0.2) is 4.98 Å². The molecule has 2 aromatic heterocycles. The number of methoxy groups -OCH3 is 1. The number of rotatable bonds is 7. The summed E-state index contributed by atoms with van der Waals surface area (Å²) in [5, 5.41) is 9.78. The highest BCUT2D eigenvalue weighted by Crippen LogP contribution is 2.26. The van der Waals surface area contributed by atoms with Gasteiger partial charge in [0.1, 0.15) is 16.5 Å². The molecule has 0 bridgehead atoms. The Kier molecular flexibility index (Phi) is 6.03. The molecule has 3 aromatic rings. The average molecular weight is 388 g/mol. The van der Waals surface area contributed by atoms with Crippen LogP contribution in [0.3, 0.4) is 0 Å². The monoisotopic (exact) mass is 387 g/mol. The van der Waals surface area contributed by atoms with Crippen molar-refractivity contribution in [1.82, 2.24) is 15.2 Å². The van der Waals surface area contributed by atoms with Crippen LogP contribution < -0.4 is 10.1 Å². The summed E-state index contributed by atoms with van der Waals surface area (Å²) in [5.74, 6) is 0.648. The molecule has 1 aromatic carbocycles. The molecule has 1 N–H and O–H groups in total. The maximum absolute atomic E-state index is 12.5. The Morgan fingerprint density at radius 3 is 2.62 bits per heavy atom. The molecule has 5 nitrogen and oxygen atoms in total. The Hall–Kier alpha value is -2.22. The van der Waals surface area contributed by atoms with Crippen LogP contribution in [-0.4, -0.2) is 43.5 Å². The highest BCUT2D eigenvalue weighted by molar-refractivity contribution is 7.13. The lowest BCUT2D eigenvalue weighted by atomic mass is 10.1. The molecular weight excluding hydrogens is 366 g/mol. The Morgan fingerprint density at radius 1 is 1.23 bits per heavy atom. The topological polar surface area (TPSA) is 54.5 Å². The van der Waals surface area contributed by atoms with Crippen molar-refractivity contribution in [2.24, 2.45) is 0 Å². The molecule has 2 heterocycles. The highest BCUT2D eigenvalue weighted by Gasteiger charge is 2.18. The van der Waals surface area contributed by atoms with Crippen molar-refractivity contribution in [3.8, 4) is 16.3 Å². The second kappa shape index (κ2) is 8.44. The minimum Gasteiger partial charge on any atom is -0.497 e. The summed E-state index contributed by atoms with van der Waals surface area (Å²) in [7, 11) is 5.66. The van der Waals surface area contributed by atoms with Crippen molar-refractivity contribution in [2.75, 3.05) is 27.7 Å². The molecule has 0 spiro atoms. The van der Waals surface area contributed by atoms with Gasteiger partial charge in [-0.05, 0) is 60.8 Å². The summed E-state index contributed by atoms with van der Waals surface area (Å²) in [6, 6.07) is 9.89. The molecule has 0 aliphatic rings. The predicted molar refractivity (Wildman–Crippen MR) is 107 cm³/mol. The van der Waals surface area contributed by atoms with E-state index in [9.17, 15) is 4.79 Å². The van der Waals surface area contributed by atoms with Gasteiger partial charge in [0, 0.05) is 17.5 Å². The van der Waals surface area contributed by atoms with Gasteiger partial charge in [0.05, 0.1) is 13.2 Å². The van der Waals surface area contributed by atoms with Crippen LogP contribution in [0.2, 0.25) is 0 Å². The highest BCUT2D eigenvalue weighted by atomic mass is 32.1. The summed E-state index contributed by atoms with van der Waals surface area (Å²) in [6.07, 6.45) is 0. The standard InChI is InChI=1S/C19H21N3O2S2/c1-22(2)17(14-8-9-25-11-14)10-20-18(23)16-12-26-19(21-16)13-4-6-15(24-3)7-5-13/h4-9,11-12,17H,10H2,1-3H3,(H,20,23)/t17-/m0/s1. The summed E-state index contributed by atoms with van der Waals surface area (Å²) in [4.78, 5) is 19.1. The summed E-state index contributed by atoms with van der Waals surface area (Å²) in [5.41, 5.74) is 2.63. The molecule has 0 aliphatic carbocycles. The van der Waals surface area contributed by atoms with E-state index in [4.69, 9.17) is 4.74 Å². The lowest BCUT2D eigenvalue weighted by Gasteiger charge is -2.23. The second-order valence-corrected chi connectivity index (χ2v) is 7.65. The number of hydrogen-bond donors (Lipinski definition) is 1. The molecule has 0 aliphatic heterocycles. The lowest BCUT2D eigenvalue weighted by molar-refractivity contribution is 0.0937. The van der Waals surface area contributed by atoms with Crippen LogP contribution in [0.25, 0.3) is 10.6 Å². The van der Waals surface area contributed by atoms with E-state index < -0.39 is 0 Å². The van der Waals surface area contributed by atoms with Gasteiger partial charge in [-0.2, -0.15) is 11.3 Å². The maximum atomic E-state index is 12.5. The van der Waals surface area contributed by atoms with Crippen LogP contribution in [0, 0.1) is 0 Å². The smallest absolute Gasteiger partial charge is 0.270 e. The number of carbonyl (C=O) groups is 1. The lowest BCUT2D eigenvalue weighted by Crippen LogP contribution is -2.34. The molecule has 1 atom stereocenters. The largest absolute Gasteiger partial charge is 0.497 e. The average Bonchev–Trinajstić information content (AvgIpc) is 3.34. The van der Waals surface area contributed by atoms with Gasteiger partial charge in [0.25, 0.3) is 5.91 Å². The number of thiazole rings is 1. The Labute approximate surface area is 161 Å². The first-order valence-corrected chi connectivity index (χ1v) is 9.97. The minimum absolute atomic E-state index is 0.143. The van der Waals surface area contributed by atoms with Gasteiger partial charge in [0.2, 0.25) is 0 Å². The summed E-state index contributed by atoms with van der Waals surface area (Å²) in [6.45, 7) is 0.540. The molecular formula is C19H21N3O2S2. The van der Waals surface area contributed by atoms with Crippen molar-refractivity contribution in [3.63, 3.8) is 0 Å².